The normalized spacial score (nSPS) is 13.0. The minimum atomic E-state index is -0.626. The van der Waals surface area contributed by atoms with Crippen molar-refractivity contribution in [2.75, 3.05) is 26.9 Å². The first-order valence-corrected chi connectivity index (χ1v) is 12.0. The first kappa shape index (κ1) is 26.5. The quantitative estimate of drug-likeness (QED) is 0.258. The predicted molar refractivity (Wildman–Crippen MR) is 139 cm³/mol. The Hall–Kier alpha value is -3.13. The van der Waals surface area contributed by atoms with Gasteiger partial charge in [-0.2, -0.15) is 5.10 Å². The molecule has 1 aromatic heterocycles. The van der Waals surface area contributed by atoms with E-state index in [0.29, 0.717) is 37.1 Å². The van der Waals surface area contributed by atoms with E-state index in [9.17, 15) is 5.11 Å². The fourth-order valence-electron chi connectivity index (χ4n) is 3.93. The minimum Gasteiger partial charge on any atom is -0.493 e. The predicted octanol–water partition coefficient (Wildman–Crippen LogP) is 5.05. The van der Waals surface area contributed by atoms with Crippen molar-refractivity contribution in [1.29, 1.82) is 0 Å². The van der Waals surface area contributed by atoms with Crippen molar-refractivity contribution in [3.05, 3.63) is 72.8 Å². The van der Waals surface area contributed by atoms with Gasteiger partial charge < -0.3 is 19.3 Å². The maximum atomic E-state index is 10.7. The zero-order valence-electron chi connectivity index (χ0n) is 21.2. The molecule has 0 saturated heterocycles. The van der Waals surface area contributed by atoms with Gasteiger partial charge in [0.15, 0.2) is 11.5 Å². The number of para-hydroxylation sites is 2. The summed E-state index contributed by atoms with van der Waals surface area (Å²) in [6.45, 7) is 9.65. The second-order valence-corrected chi connectivity index (χ2v) is 8.54. The van der Waals surface area contributed by atoms with Crippen LogP contribution in [0.5, 0.6) is 17.4 Å². The number of hydrogen-bond donors (Lipinski definition) is 1. The van der Waals surface area contributed by atoms with Crippen molar-refractivity contribution < 1.29 is 19.3 Å². The van der Waals surface area contributed by atoms with Gasteiger partial charge in [0.1, 0.15) is 5.69 Å². The molecule has 0 aliphatic rings. The highest BCUT2D eigenvalue weighted by molar-refractivity contribution is 5.66. The van der Waals surface area contributed by atoms with Crippen LogP contribution in [0.25, 0.3) is 11.3 Å². The number of aromatic nitrogens is 2. The fourth-order valence-corrected chi connectivity index (χ4v) is 3.93. The molecule has 0 aliphatic carbocycles. The Kier molecular flexibility index (Phi) is 9.90. The topological polar surface area (TPSA) is 69.0 Å². The molecule has 0 aliphatic heterocycles. The second-order valence-electron chi connectivity index (χ2n) is 8.54. The van der Waals surface area contributed by atoms with Gasteiger partial charge >= 0.3 is 0 Å². The molecule has 0 spiro atoms. The van der Waals surface area contributed by atoms with Gasteiger partial charge in [0, 0.05) is 31.7 Å². The summed E-state index contributed by atoms with van der Waals surface area (Å²) in [5.41, 5.74) is 2.81. The minimum absolute atomic E-state index is 0.229. The summed E-state index contributed by atoms with van der Waals surface area (Å²) in [6.07, 6.45) is 1.99. The molecule has 0 radical (unpaired) electrons. The average Bonchev–Trinajstić information content (AvgIpc) is 3.18. The molecule has 0 unspecified atom stereocenters. The molecule has 0 bridgehead atoms. The lowest BCUT2D eigenvalue weighted by Gasteiger charge is -2.30. The molecule has 0 saturated carbocycles. The van der Waals surface area contributed by atoms with E-state index >= 15 is 0 Å². The van der Waals surface area contributed by atoms with E-state index in [2.05, 4.69) is 25.3 Å². The van der Waals surface area contributed by atoms with Gasteiger partial charge in [0.25, 0.3) is 0 Å². The van der Waals surface area contributed by atoms with Crippen LogP contribution >= 0.6 is 0 Å². The molecule has 3 rings (SSSR count). The molecule has 1 N–H and O–H groups in total. The van der Waals surface area contributed by atoms with Crippen LogP contribution in [0.1, 0.15) is 25.8 Å². The lowest BCUT2D eigenvalue weighted by molar-refractivity contribution is 0.0156. The number of rotatable bonds is 14. The van der Waals surface area contributed by atoms with Crippen molar-refractivity contribution in [2.24, 2.45) is 7.05 Å². The van der Waals surface area contributed by atoms with Crippen molar-refractivity contribution in [3.8, 4) is 28.6 Å². The molecule has 7 heteroatoms. The van der Waals surface area contributed by atoms with E-state index in [1.807, 2.05) is 61.6 Å². The van der Waals surface area contributed by atoms with E-state index in [1.165, 1.54) is 0 Å². The molecule has 0 amide bonds. The van der Waals surface area contributed by atoms with Crippen molar-refractivity contribution in [3.63, 3.8) is 0 Å². The monoisotopic (exact) mass is 479 g/mol. The van der Waals surface area contributed by atoms with E-state index in [1.54, 1.807) is 17.9 Å². The van der Waals surface area contributed by atoms with E-state index in [-0.39, 0.29) is 12.6 Å². The number of aliphatic hydroxyl groups excluding tert-OH is 1. The van der Waals surface area contributed by atoms with E-state index in [0.717, 1.165) is 23.2 Å². The maximum absolute atomic E-state index is 10.7. The van der Waals surface area contributed by atoms with Gasteiger partial charge in [0.2, 0.25) is 5.88 Å². The number of aryl methyl sites for hydroxylation is 1. The highest BCUT2D eigenvalue weighted by Gasteiger charge is 2.26. The molecular formula is C28H37N3O4. The highest BCUT2D eigenvalue weighted by atomic mass is 16.5. The zero-order chi connectivity index (χ0) is 25.2. The Labute approximate surface area is 208 Å². The summed E-state index contributed by atoms with van der Waals surface area (Å²) in [7, 11) is 3.51. The summed E-state index contributed by atoms with van der Waals surface area (Å²) >= 11 is 0. The third-order valence-corrected chi connectivity index (χ3v) is 5.98. The van der Waals surface area contributed by atoms with Crippen molar-refractivity contribution >= 4 is 0 Å². The standard InChI is InChI=1S/C28H37N3O4/c1-6-17-34-20-23(32)18-31(21(3)7-2)19-24-27(22-13-9-8-10-14-22)29-30(4)28(24)35-26-16-12-11-15-25(26)33-5/h6,8-16,21,23,32H,1,7,17-20H2,2-5H3/t21-,23-/m1/s1. The van der Waals surface area contributed by atoms with Crippen LogP contribution in [0.4, 0.5) is 0 Å². The van der Waals surface area contributed by atoms with Crippen LogP contribution in [-0.2, 0) is 18.3 Å². The van der Waals surface area contributed by atoms with Crippen LogP contribution in [0, 0.1) is 0 Å². The lowest BCUT2D eigenvalue weighted by Crippen LogP contribution is -2.40. The van der Waals surface area contributed by atoms with Crippen LogP contribution in [0.15, 0.2) is 67.3 Å². The Balaban J connectivity index is 2.00. The largest absolute Gasteiger partial charge is 0.493 e. The molecule has 2 aromatic carbocycles. The third-order valence-electron chi connectivity index (χ3n) is 5.98. The summed E-state index contributed by atoms with van der Waals surface area (Å²) in [5, 5.41) is 15.5. The van der Waals surface area contributed by atoms with Gasteiger partial charge in [-0.25, -0.2) is 4.68 Å². The Morgan fingerprint density at radius 3 is 2.46 bits per heavy atom. The fraction of sp³-hybridized carbons (Fsp3) is 0.393. The summed E-state index contributed by atoms with van der Waals surface area (Å²) in [6, 6.07) is 17.9. The molecular weight excluding hydrogens is 442 g/mol. The number of aliphatic hydroxyl groups is 1. The second kappa shape index (κ2) is 13.1. The smallest absolute Gasteiger partial charge is 0.222 e. The van der Waals surface area contributed by atoms with Gasteiger partial charge in [-0.1, -0.05) is 55.5 Å². The molecule has 2 atom stereocenters. The van der Waals surface area contributed by atoms with Crippen molar-refractivity contribution in [1.82, 2.24) is 14.7 Å². The first-order valence-electron chi connectivity index (χ1n) is 12.0. The van der Waals surface area contributed by atoms with Crippen LogP contribution in [-0.4, -0.2) is 58.8 Å². The van der Waals surface area contributed by atoms with Crippen LogP contribution < -0.4 is 9.47 Å². The first-order chi connectivity index (χ1) is 17.0. The van der Waals surface area contributed by atoms with Gasteiger partial charge in [-0.05, 0) is 25.5 Å². The van der Waals surface area contributed by atoms with Crippen LogP contribution in [0.2, 0.25) is 0 Å². The van der Waals surface area contributed by atoms with Gasteiger partial charge in [-0.3, -0.25) is 4.90 Å². The SMILES string of the molecule is C=CCOC[C@H](O)CN(Cc1c(-c2ccccc2)nn(C)c1Oc1ccccc1OC)[C@H](C)CC. The summed E-state index contributed by atoms with van der Waals surface area (Å²) in [5.74, 6) is 1.90. The third kappa shape index (κ3) is 6.94. The molecule has 1 heterocycles. The number of methoxy groups -OCH3 is 1. The Bertz CT molecular complexity index is 1070. The van der Waals surface area contributed by atoms with Crippen LogP contribution in [0.3, 0.4) is 0 Å². The number of ether oxygens (including phenoxy) is 3. The molecule has 3 aromatic rings. The molecule has 188 valence electrons. The Morgan fingerprint density at radius 1 is 1.11 bits per heavy atom. The Morgan fingerprint density at radius 2 is 1.80 bits per heavy atom. The number of nitrogens with zero attached hydrogens (tertiary/aromatic N) is 3. The number of benzene rings is 2. The lowest BCUT2D eigenvalue weighted by atomic mass is 10.1. The highest BCUT2D eigenvalue weighted by Crippen LogP contribution is 2.37. The van der Waals surface area contributed by atoms with Crippen molar-refractivity contribution in [2.45, 2.75) is 39.0 Å². The van der Waals surface area contributed by atoms with Gasteiger partial charge in [0.05, 0.1) is 32.0 Å². The maximum Gasteiger partial charge on any atom is 0.222 e. The van der Waals surface area contributed by atoms with E-state index in [4.69, 9.17) is 19.3 Å². The average molecular weight is 480 g/mol. The number of hydrogen-bond acceptors (Lipinski definition) is 6. The summed E-state index contributed by atoms with van der Waals surface area (Å²) < 4.78 is 19.2. The molecule has 7 nitrogen and oxygen atoms in total. The molecule has 35 heavy (non-hydrogen) atoms. The summed E-state index contributed by atoms with van der Waals surface area (Å²) in [4.78, 5) is 2.25. The van der Waals surface area contributed by atoms with Gasteiger partial charge in [-0.15, -0.1) is 6.58 Å². The van der Waals surface area contributed by atoms with E-state index < -0.39 is 6.10 Å². The molecule has 0 fully saturated rings. The zero-order valence-corrected chi connectivity index (χ0v) is 21.2.